The third-order valence-electron chi connectivity index (χ3n) is 3.46. The first kappa shape index (κ1) is 12.7. The Balaban J connectivity index is 1.71. The quantitative estimate of drug-likeness (QED) is 0.895. The number of nitrogens with one attached hydrogen (secondary N) is 1. The van der Waals surface area contributed by atoms with Gasteiger partial charge in [0.05, 0.1) is 12.0 Å². The summed E-state index contributed by atoms with van der Waals surface area (Å²) in [6.45, 7) is 2.83. The zero-order chi connectivity index (χ0) is 13.9. The van der Waals surface area contributed by atoms with Crippen molar-refractivity contribution in [3.8, 4) is 0 Å². The van der Waals surface area contributed by atoms with Crippen molar-refractivity contribution in [1.29, 1.82) is 0 Å². The van der Waals surface area contributed by atoms with E-state index >= 15 is 0 Å². The molecule has 0 atom stereocenters. The predicted octanol–water partition coefficient (Wildman–Crippen LogP) is 1.24. The summed E-state index contributed by atoms with van der Waals surface area (Å²) in [7, 11) is 0. The number of aromatic amines is 1. The summed E-state index contributed by atoms with van der Waals surface area (Å²) < 4.78 is 13.7. The van der Waals surface area contributed by atoms with Gasteiger partial charge in [0, 0.05) is 32.2 Å². The molecule has 2 heterocycles. The van der Waals surface area contributed by atoms with Crippen molar-refractivity contribution in [1.82, 2.24) is 9.97 Å². The average Bonchev–Trinajstić information content (AvgIpc) is 2.48. The monoisotopic (exact) mass is 274 g/mol. The summed E-state index contributed by atoms with van der Waals surface area (Å²) in [5, 5.41) is 0. The number of rotatable bonds is 2. The maximum atomic E-state index is 13.7. The number of H-pyrrole nitrogens is 1. The zero-order valence-corrected chi connectivity index (χ0v) is 10.9. The lowest BCUT2D eigenvalue weighted by atomic mass is 10.2. The van der Waals surface area contributed by atoms with Gasteiger partial charge in [0.25, 0.3) is 5.56 Å². The van der Waals surface area contributed by atoms with Crippen LogP contribution in [0.15, 0.2) is 41.5 Å². The molecule has 0 spiro atoms. The van der Waals surface area contributed by atoms with E-state index in [0.717, 1.165) is 0 Å². The highest BCUT2D eigenvalue weighted by Gasteiger charge is 2.20. The van der Waals surface area contributed by atoms with Gasteiger partial charge in [0.15, 0.2) is 0 Å². The van der Waals surface area contributed by atoms with Crippen LogP contribution in [-0.2, 0) is 0 Å². The first-order valence-corrected chi connectivity index (χ1v) is 6.53. The minimum absolute atomic E-state index is 0.161. The molecule has 0 saturated carbocycles. The minimum atomic E-state index is -0.199. The van der Waals surface area contributed by atoms with Gasteiger partial charge in [-0.05, 0) is 12.1 Å². The van der Waals surface area contributed by atoms with E-state index in [2.05, 4.69) is 9.97 Å². The second-order valence-corrected chi connectivity index (χ2v) is 4.69. The number of anilines is 2. The van der Waals surface area contributed by atoms with Crippen LogP contribution in [0.1, 0.15) is 0 Å². The van der Waals surface area contributed by atoms with Crippen LogP contribution in [0.2, 0.25) is 0 Å². The minimum Gasteiger partial charge on any atom is -0.366 e. The van der Waals surface area contributed by atoms with Gasteiger partial charge >= 0.3 is 0 Å². The topological polar surface area (TPSA) is 52.2 Å². The number of para-hydroxylation sites is 1. The number of halogens is 1. The summed E-state index contributed by atoms with van der Waals surface area (Å²) >= 11 is 0. The third kappa shape index (κ3) is 2.49. The van der Waals surface area contributed by atoms with Crippen molar-refractivity contribution in [3.05, 3.63) is 52.8 Å². The lowest BCUT2D eigenvalue weighted by Gasteiger charge is -2.36. The van der Waals surface area contributed by atoms with Crippen molar-refractivity contribution in [2.75, 3.05) is 36.0 Å². The second-order valence-electron chi connectivity index (χ2n) is 4.69. The molecule has 1 aromatic carbocycles. The van der Waals surface area contributed by atoms with Crippen molar-refractivity contribution < 1.29 is 4.39 Å². The molecule has 0 radical (unpaired) electrons. The molecule has 2 aromatic rings. The number of piperazine rings is 1. The molecule has 1 fully saturated rings. The van der Waals surface area contributed by atoms with Gasteiger partial charge in [0.2, 0.25) is 0 Å². The number of hydrogen-bond acceptors (Lipinski definition) is 4. The molecule has 20 heavy (non-hydrogen) atoms. The maximum absolute atomic E-state index is 13.7. The van der Waals surface area contributed by atoms with Gasteiger partial charge in [-0.25, -0.2) is 9.37 Å². The summed E-state index contributed by atoms with van der Waals surface area (Å²) in [6, 6.07) is 8.27. The van der Waals surface area contributed by atoms with Crippen molar-refractivity contribution in [2.45, 2.75) is 0 Å². The molecule has 1 aliphatic rings. The molecule has 0 bridgehead atoms. The van der Waals surface area contributed by atoms with Crippen molar-refractivity contribution >= 4 is 11.5 Å². The molecule has 0 aliphatic carbocycles. The molecule has 0 unspecified atom stereocenters. The lowest BCUT2D eigenvalue weighted by Crippen LogP contribution is -2.47. The fraction of sp³-hybridized carbons (Fsp3) is 0.286. The van der Waals surface area contributed by atoms with E-state index in [9.17, 15) is 9.18 Å². The third-order valence-corrected chi connectivity index (χ3v) is 3.46. The summed E-state index contributed by atoms with van der Waals surface area (Å²) in [6.07, 6.45) is 1.40. The summed E-state index contributed by atoms with van der Waals surface area (Å²) in [5.41, 5.74) is 0.470. The number of hydrogen-bond donors (Lipinski definition) is 1. The first-order valence-electron chi connectivity index (χ1n) is 6.53. The summed E-state index contributed by atoms with van der Waals surface area (Å²) in [5.74, 6) is 0.470. The van der Waals surface area contributed by atoms with Crippen molar-refractivity contribution in [3.63, 3.8) is 0 Å². The fourth-order valence-electron chi connectivity index (χ4n) is 2.42. The van der Waals surface area contributed by atoms with E-state index in [0.29, 0.717) is 37.7 Å². The normalized spacial score (nSPS) is 15.4. The summed E-state index contributed by atoms with van der Waals surface area (Å²) in [4.78, 5) is 22.0. The number of aromatic nitrogens is 2. The molecule has 0 amide bonds. The Bertz CT molecular complexity index is 649. The predicted molar refractivity (Wildman–Crippen MR) is 75.7 cm³/mol. The molecule has 1 N–H and O–H groups in total. The number of benzene rings is 1. The van der Waals surface area contributed by atoms with Gasteiger partial charge in [-0.1, -0.05) is 12.1 Å². The van der Waals surface area contributed by atoms with E-state index in [1.54, 1.807) is 12.1 Å². The Hall–Kier alpha value is -2.37. The highest BCUT2D eigenvalue weighted by molar-refractivity contribution is 5.50. The molecule has 6 heteroatoms. The first-order chi connectivity index (χ1) is 9.74. The Labute approximate surface area is 115 Å². The Morgan fingerprint density at radius 1 is 1.10 bits per heavy atom. The van der Waals surface area contributed by atoms with Gasteiger partial charge in [-0.2, -0.15) is 0 Å². The Morgan fingerprint density at radius 3 is 2.50 bits per heavy atom. The highest BCUT2D eigenvalue weighted by atomic mass is 19.1. The van der Waals surface area contributed by atoms with E-state index in [1.165, 1.54) is 18.5 Å². The van der Waals surface area contributed by atoms with Crippen LogP contribution in [0.25, 0.3) is 0 Å². The lowest BCUT2D eigenvalue weighted by molar-refractivity contribution is 0.596. The van der Waals surface area contributed by atoms with Crippen LogP contribution in [0.5, 0.6) is 0 Å². The van der Waals surface area contributed by atoms with E-state index in [1.807, 2.05) is 15.9 Å². The van der Waals surface area contributed by atoms with Crippen LogP contribution in [0.3, 0.4) is 0 Å². The molecule has 5 nitrogen and oxygen atoms in total. The molecule has 1 aliphatic heterocycles. The van der Waals surface area contributed by atoms with Crippen LogP contribution < -0.4 is 15.4 Å². The molecule has 104 valence electrons. The molecule has 1 saturated heterocycles. The molecular weight excluding hydrogens is 259 g/mol. The largest absolute Gasteiger partial charge is 0.366 e. The second kappa shape index (κ2) is 5.32. The van der Waals surface area contributed by atoms with Gasteiger partial charge in [0.1, 0.15) is 11.6 Å². The standard InChI is InChI=1S/C14H15FN4O/c15-11-3-1-2-4-12(11)18-5-7-19(8-6-18)13-9-14(20)17-10-16-13/h1-4,9-10H,5-8H2,(H,16,17,20). The van der Waals surface area contributed by atoms with Crippen LogP contribution >= 0.6 is 0 Å². The number of nitrogens with zero attached hydrogens (tertiary/aromatic N) is 3. The van der Waals surface area contributed by atoms with E-state index < -0.39 is 0 Å². The highest BCUT2D eigenvalue weighted by Crippen LogP contribution is 2.21. The van der Waals surface area contributed by atoms with E-state index in [-0.39, 0.29) is 11.4 Å². The maximum Gasteiger partial charge on any atom is 0.252 e. The molecule has 3 rings (SSSR count). The van der Waals surface area contributed by atoms with Crippen LogP contribution in [0, 0.1) is 5.82 Å². The smallest absolute Gasteiger partial charge is 0.252 e. The fourth-order valence-corrected chi connectivity index (χ4v) is 2.42. The van der Waals surface area contributed by atoms with Gasteiger partial charge < -0.3 is 14.8 Å². The van der Waals surface area contributed by atoms with E-state index in [4.69, 9.17) is 0 Å². The van der Waals surface area contributed by atoms with Gasteiger partial charge in [-0.15, -0.1) is 0 Å². The zero-order valence-electron chi connectivity index (χ0n) is 10.9. The average molecular weight is 274 g/mol. The Kier molecular flexibility index (Phi) is 3.37. The Morgan fingerprint density at radius 2 is 1.80 bits per heavy atom. The van der Waals surface area contributed by atoms with Gasteiger partial charge in [-0.3, -0.25) is 4.79 Å². The van der Waals surface area contributed by atoms with Crippen molar-refractivity contribution in [2.24, 2.45) is 0 Å². The SMILES string of the molecule is O=c1cc(N2CCN(c3ccccc3F)CC2)nc[nH]1. The van der Waals surface area contributed by atoms with Crippen LogP contribution in [-0.4, -0.2) is 36.1 Å². The molecule has 1 aromatic heterocycles. The van der Waals surface area contributed by atoms with Crippen LogP contribution in [0.4, 0.5) is 15.9 Å². The molecular formula is C14H15FN4O.